The van der Waals surface area contributed by atoms with E-state index >= 15 is 0 Å². The summed E-state index contributed by atoms with van der Waals surface area (Å²) < 4.78 is 0. The Hall–Kier alpha value is -4.68. The first kappa shape index (κ1) is 21.8. The van der Waals surface area contributed by atoms with Crippen molar-refractivity contribution in [3.63, 3.8) is 0 Å². The lowest BCUT2D eigenvalue weighted by atomic mass is 9.77. The Balaban J connectivity index is 1.89. The van der Waals surface area contributed by atoms with E-state index in [1.54, 1.807) is 0 Å². The molecule has 170 valence electrons. The maximum absolute atomic E-state index is 2.27. The van der Waals surface area contributed by atoms with Crippen LogP contribution in [0.2, 0.25) is 0 Å². The predicted molar refractivity (Wildman–Crippen MR) is 155 cm³/mol. The molecule has 6 rings (SSSR count). The number of allylic oxidation sites excluding steroid dienone is 4. The minimum Gasteiger partial charge on any atom is -0.0622 e. The molecule has 0 N–H and O–H groups in total. The molecule has 0 aromatic heterocycles. The Labute approximate surface area is 213 Å². The predicted octanol–water partition coefficient (Wildman–Crippen LogP) is 9.95. The monoisotopic (exact) mass is 458 g/mol. The Kier molecular flexibility index (Phi) is 6.00. The summed E-state index contributed by atoms with van der Waals surface area (Å²) in [7, 11) is 0. The first-order valence-corrected chi connectivity index (χ1v) is 12.4. The van der Waals surface area contributed by atoms with Crippen LogP contribution in [0.4, 0.5) is 0 Å². The standard InChI is InChI=1S/C36H26/c1-2-16-26-32-31(25-15-1)33(27-17-7-3-8-18-27)35(29-21-11-5-12-22-29)36(30-23-13-6-14-24-30)34(32)28-19-9-4-10-20-28/h1-26H/b2-1-,15-1?,16-2?,25-15-,26-16-,31-25?,32-26?. The molecule has 1 aliphatic carbocycles. The molecular weight excluding hydrogens is 432 g/mol. The molecule has 1 aliphatic rings. The van der Waals surface area contributed by atoms with E-state index in [1.807, 2.05) is 0 Å². The van der Waals surface area contributed by atoms with Crippen molar-refractivity contribution in [1.82, 2.24) is 0 Å². The second kappa shape index (κ2) is 9.90. The molecule has 5 aromatic rings. The van der Waals surface area contributed by atoms with Crippen LogP contribution in [0.25, 0.3) is 56.7 Å². The van der Waals surface area contributed by atoms with E-state index in [-0.39, 0.29) is 0 Å². The smallest absolute Gasteiger partial charge is 0.00141 e. The van der Waals surface area contributed by atoms with Crippen molar-refractivity contribution in [3.05, 3.63) is 157 Å². The maximum atomic E-state index is 2.27. The van der Waals surface area contributed by atoms with Crippen LogP contribution in [-0.2, 0) is 0 Å². The lowest BCUT2D eigenvalue weighted by Gasteiger charge is -2.26. The van der Waals surface area contributed by atoms with E-state index in [4.69, 9.17) is 0 Å². The van der Waals surface area contributed by atoms with Crippen molar-refractivity contribution >= 4 is 12.2 Å². The van der Waals surface area contributed by atoms with Crippen molar-refractivity contribution in [2.24, 2.45) is 0 Å². The molecule has 0 saturated carbocycles. The van der Waals surface area contributed by atoms with Crippen LogP contribution in [-0.4, -0.2) is 0 Å². The highest BCUT2D eigenvalue weighted by molar-refractivity contribution is 6.08. The van der Waals surface area contributed by atoms with Gasteiger partial charge in [-0.2, -0.15) is 0 Å². The summed E-state index contributed by atoms with van der Waals surface area (Å²) in [6.07, 6.45) is 13.0. The van der Waals surface area contributed by atoms with Crippen LogP contribution in [0.1, 0.15) is 11.1 Å². The van der Waals surface area contributed by atoms with Gasteiger partial charge in [0.05, 0.1) is 0 Å². The second-order valence-corrected chi connectivity index (χ2v) is 8.89. The fourth-order valence-electron chi connectivity index (χ4n) is 5.16. The first-order valence-electron chi connectivity index (χ1n) is 12.4. The van der Waals surface area contributed by atoms with E-state index < -0.39 is 0 Å². The molecule has 0 radical (unpaired) electrons. The van der Waals surface area contributed by atoms with Gasteiger partial charge in [-0.3, -0.25) is 0 Å². The fourth-order valence-corrected chi connectivity index (χ4v) is 5.16. The highest BCUT2D eigenvalue weighted by Gasteiger charge is 2.25. The van der Waals surface area contributed by atoms with Crippen LogP contribution in [0, 0.1) is 0 Å². The summed E-state index contributed by atoms with van der Waals surface area (Å²) >= 11 is 0. The van der Waals surface area contributed by atoms with Gasteiger partial charge in [0.1, 0.15) is 0 Å². The van der Waals surface area contributed by atoms with Gasteiger partial charge in [-0.25, -0.2) is 0 Å². The molecule has 0 saturated heterocycles. The summed E-state index contributed by atoms with van der Waals surface area (Å²) in [6.45, 7) is 0. The van der Waals surface area contributed by atoms with E-state index in [1.165, 1.54) is 55.6 Å². The molecule has 0 heterocycles. The highest BCUT2D eigenvalue weighted by Crippen LogP contribution is 2.50. The van der Waals surface area contributed by atoms with Crippen molar-refractivity contribution in [1.29, 1.82) is 0 Å². The molecule has 0 atom stereocenters. The van der Waals surface area contributed by atoms with E-state index in [2.05, 4.69) is 158 Å². The first-order chi connectivity index (χ1) is 17.9. The number of rotatable bonds is 4. The van der Waals surface area contributed by atoms with Gasteiger partial charge < -0.3 is 0 Å². The zero-order valence-corrected chi connectivity index (χ0v) is 20.0. The third kappa shape index (κ3) is 4.04. The molecule has 0 bridgehead atoms. The number of hydrogen-bond donors (Lipinski definition) is 0. The molecule has 36 heavy (non-hydrogen) atoms. The van der Waals surface area contributed by atoms with Crippen molar-refractivity contribution < 1.29 is 0 Å². The lowest BCUT2D eigenvalue weighted by molar-refractivity contribution is 1.50. The average molecular weight is 459 g/mol. The van der Waals surface area contributed by atoms with Crippen LogP contribution in [0.3, 0.4) is 0 Å². The number of hydrogen-bond acceptors (Lipinski definition) is 0. The molecule has 0 aliphatic heterocycles. The van der Waals surface area contributed by atoms with Crippen molar-refractivity contribution in [3.8, 4) is 44.5 Å². The van der Waals surface area contributed by atoms with Gasteiger partial charge in [-0.1, -0.05) is 158 Å². The van der Waals surface area contributed by atoms with Gasteiger partial charge in [-0.05, 0) is 55.6 Å². The highest BCUT2D eigenvalue weighted by atomic mass is 14.3. The third-order valence-electron chi connectivity index (χ3n) is 6.69. The maximum Gasteiger partial charge on any atom is -0.00141 e. The minimum atomic E-state index is 1.21. The topological polar surface area (TPSA) is 0 Å². The van der Waals surface area contributed by atoms with E-state index in [0.29, 0.717) is 0 Å². The number of fused-ring (bicyclic) bond motifs is 1. The fraction of sp³-hybridized carbons (Fsp3) is 0. The summed E-state index contributed by atoms with van der Waals surface area (Å²) in [5.74, 6) is 0. The summed E-state index contributed by atoms with van der Waals surface area (Å²) in [5.41, 5.74) is 12.4. The van der Waals surface area contributed by atoms with Gasteiger partial charge in [0.15, 0.2) is 0 Å². The Morgan fingerprint density at radius 3 is 0.833 bits per heavy atom. The van der Waals surface area contributed by atoms with Gasteiger partial charge in [0.25, 0.3) is 0 Å². The Morgan fingerprint density at radius 2 is 0.528 bits per heavy atom. The van der Waals surface area contributed by atoms with Crippen LogP contribution in [0.15, 0.2) is 146 Å². The molecule has 5 aromatic carbocycles. The van der Waals surface area contributed by atoms with Gasteiger partial charge in [-0.15, -0.1) is 0 Å². The lowest BCUT2D eigenvalue weighted by Crippen LogP contribution is -2.01. The zero-order valence-electron chi connectivity index (χ0n) is 20.0. The van der Waals surface area contributed by atoms with Crippen molar-refractivity contribution in [2.75, 3.05) is 0 Å². The Bertz CT molecular complexity index is 1450. The molecular formula is C36H26. The van der Waals surface area contributed by atoms with Crippen LogP contribution < -0.4 is 0 Å². The van der Waals surface area contributed by atoms with E-state index in [9.17, 15) is 0 Å². The molecule has 0 fully saturated rings. The third-order valence-corrected chi connectivity index (χ3v) is 6.69. The molecule has 0 amide bonds. The van der Waals surface area contributed by atoms with E-state index in [0.717, 1.165) is 0 Å². The summed E-state index contributed by atoms with van der Waals surface area (Å²) in [5, 5.41) is 0. The van der Waals surface area contributed by atoms with Gasteiger partial charge in [0.2, 0.25) is 0 Å². The Morgan fingerprint density at radius 1 is 0.250 bits per heavy atom. The average Bonchev–Trinajstić information content (AvgIpc) is 2.94. The minimum absolute atomic E-state index is 1.21. The van der Waals surface area contributed by atoms with Crippen LogP contribution in [0.5, 0.6) is 0 Å². The molecule has 0 spiro atoms. The largest absolute Gasteiger partial charge is 0.0622 e. The number of benzene rings is 5. The molecule has 0 heteroatoms. The summed E-state index contributed by atoms with van der Waals surface area (Å²) in [6, 6.07) is 43.3. The molecule has 0 unspecified atom stereocenters. The SMILES string of the molecule is C1=C\C=C/c2c(c(-c3ccccc3)c(-c3ccccc3)c(-c3ccccc3)c2-c2ccccc2)\C=C/1. The van der Waals surface area contributed by atoms with Crippen molar-refractivity contribution in [2.45, 2.75) is 0 Å². The van der Waals surface area contributed by atoms with Gasteiger partial charge in [0, 0.05) is 0 Å². The second-order valence-electron chi connectivity index (χ2n) is 8.89. The quantitative estimate of drug-likeness (QED) is 0.251. The summed E-state index contributed by atoms with van der Waals surface area (Å²) in [4.78, 5) is 0. The zero-order chi connectivity index (χ0) is 24.2. The normalized spacial score (nSPS) is 14.8. The van der Waals surface area contributed by atoms with Gasteiger partial charge >= 0.3 is 0 Å². The van der Waals surface area contributed by atoms with Crippen LogP contribution >= 0.6 is 0 Å². The molecule has 0 nitrogen and oxygen atoms in total.